The molecular weight excluding hydrogens is 348 g/mol. The predicted octanol–water partition coefficient (Wildman–Crippen LogP) is 4.51. The first kappa shape index (κ1) is 18.5. The molecule has 0 saturated carbocycles. The first-order chi connectivity index (χ1) is 12.4. The van der Waals surface area contributed by atoms with E-state index in [1.165, 1.54) is 0 Å². The number of nitrogens with zero attached hydrogens (tertiary/aromatic N) is 1. The van der Waals surface area contributed by atoms with Gasteiger partial charge in [-0.05, 0) is 49.1 Å². The van der Waals surface area contributed by atoms with Gasteiger partial charge in [0.2, 0.25) is 11.8 Å². The first-order valence-electron chi connectivity index (χ1n) is 8.86. The molecule has 0 bridgehead atoms. The largest absolute Gasteiger partial charge is 0.326 e. The SMILES string of the molecule is CCc1cccc(C)c1N1CC(C(=O)Nc2ccc(C)c(Cl)c2)CC1=O. The van der Waals surface area contributed by atoms with Gasteiger partial charge in [0, 0.05) is 29.4 Å². The molecule has 4 nitrogen and oxygen atoms in total. The van der Waals surface area contributed by atoms with Crippen LogP contribution in [0.3, 0.4) is 0 Å². The standard InChI is InChI=1S/C21H23ClN2O2/c1-4-15-7-5-6-14(3)20(15)24-12-16(10-19(24)25)21(26)23-17-9-8-13(2)18(22)11-17/h5-9,11,16H,4,10,12H2,1-3H3,(H,23,26). The third kappa shape index (κ3) is 3.61. The molecule has 0 spiro atoms. The van der Waals surface area contributed by atoms with Gasteiger partial charge >= 0.3 is 0 Å². The monoisotopic (exact) mass is 370 g/mol. The lowest BCUT2D eigenvalue weighted by Crippen LogP contribution is -2.29. The number of carbonyl (C=O) groups excluding carboxylic acids is 2. The number of nitrogens with one attached hydrogen (secondary N) is 1. The molecule has 2 amide bonds. The van der Waals surface area contributed by atoms with E-state index in [-0.39, 0.29) is 24.2 Å². The van der Waals surface area contributed by atoms with E-state index in [0.717, 1.165) is 28.8 Å². The van der Waals surface area contributed by atoms with E-state index in [4.69, 9.17) is 11.6 Å². The number of rotatable bonds is 4. The van der Waals surface area contributed by atoms with E-state index in [2.05, 4.69) is 12.2 Å². The van der Waals surface area contributed by atoms with Gasteiger partial charge in [-0.15, -0.1) is 0 Å². The maximum atomic E-state index is 12.6. The third-order valence-electron chi connectivity index (χ3n) is 4.91. The van der Waals surface area contributed by atoms with Crippen molar-refractivity contribution < 1.29 is 9.59 Å². The molecule has 1 N–H and O–H groups in total. The molecule has 1 fully saturated rings. The summed E-state index contributed by atoms with van der Waals surface area (Å²) in [5.41, 5.74) is 4.75. The summed E-state index contributed by atoms with van der Waals surface area (Å²) in [6.45, 7) is 6.39. The van der Waals surface area contributed by atoms with Crippen LogP contribution in [0.15, 0.2) is 36.4 Å². The zero-order valence-corrected chi connectivity index (χ0v) is 16.1. The summed E-state index contributed by atoms with van der Waals surface area (Å²) in [5.74, 6) is -0.518. The maximum absolute atomic E-state index is 12.6. The van der Waals surface area contributed by atoms with Gasteiger partial charge in [-0.1, -0.05) is 42.8 Å². The molecule has 1 unspecified atom stereocenters. The smallest absolute Gasteiger partial charge is 0.229 e. The van der Waals surface area contributed by atoms with Crippen LogP contribution in [0.1, 0.15) is 30.0 Å². The van der Waals surface area contributed by atoms with E-state index in [1.807, 2.05) is 44.2 Å². The number of benzene rings is 2. The van der Waals surface area contributed by atoms with Crippen molar-refractivity contribution in [1.82, 2.24) is 0 Å². The number of amides is 2. The number of halogens is 1. The second-order valence-corrected chi connectivity index (χ2v) is 7.20. The van der Waals surface area contributed by atoms with Gasteiger partial charge in [-0.2, -0.15) is 0 Å². The topological polar surface area (TPSA) is 49.4 Å². The van der Waals surface area contributed by atoms with Crippen molar-refractivity contribution in [3.8, 4) is 0 Å². The van der Waals surface area contributed by atoms with E-state index in [0.29, 0.717) is 17.3 Å². The molecule has 1 saturated heterocycles. The van der Waals surface area contributed by atoms with E-state index < -0.39 is 0 Å². The fourth-order valence-corrected chi connectivity index (χ4v) is 3.59. The van der Waals surface area contributed by atoms with Crippen molar-refractivity contribution in [1.29, 1.82) is 0 Å². The van der Waals surface area contributed by atoms with Crippen LogP contribution in [-0.4, -0.2) is 18.4 Å². The molecule has 1 heterocycles. The summed E-state index contributed by atoms with van der Waals surface area (Å²) in [7, 11) is 0. The Morgan fingerprint density at radius 2 is 2.00 bits per heavy atom. The van der Waals surface area contributed by atoms with E-state index >= 15 is 0 Å². The minimum absolute atomic E-state index is 0.00362. The average molecular weight is 371 g/mol. The highest BCUT2D eigenvalue weighted by atomic mass is 35.5. The molecule has 2 aromatic carbocycles. The summed E-state index contributed by atoms with van der Waals surface area (Å²) in [5, 5.41) is 3.50. The van der Waals surface area contributed by atoms with Gasteiger partial charge in [0.25, 0.3) is 0 Å². The van der Waals surface area contributed by atoms with Gasteiger partial charge < -0.3 is 10.2 Å². The molecule has 0 radical (unpaired) electrons. The third-order valence-corrected chi connectivity index (χ3v) is 5.31. The zero-order chi connectivity index (χ0) is 18.8. The van der Waals surface area contributed by atoms with Crippen LogP contribution in [0.5, 0.6) is 0 Å². The highest BCUT2D eigenvalue weighted by Gasteiger charge is 2.36. The molecule has 2 aromatic rings. The van der Waals surface area contributed by atoms with Crippen LogP contribution >= 0.6 is 11.6 Å². The summed E-state index contributed by atoms with van der Waals surface area (Å²) in [6, 6.07) is 11.5. The highest BCUT2D eigenvalue weighted by Crippen LogP contribution is 2.32. The molecule has 136 valence electrons. The average Bonchev–Trinajstić information content (AvgIpc) is 2.99. The molecule has 3 rings (SSSR count). The van der Waals surface area contributed by atoms with Gasteiger partial charge in [0.05, 0.1) is 5.92 Å². The normalized spacial score (nSPS) is 16.8. The van der Waals surface area contributed by atoms with E-state index in [1.54, 1.807) is 11.0 Å². The predicted molar refractivity (Wildman–Crippen MR) is 106 cm³/mol. The number of anilines is 2. The van der Waals surface area contributed by atoms with Gasteiger partial charge in [-0.3, -0.25) is 9.59 Å². The Morgan fingerprint density at radius 1 is 1.23 bits per heavy atom. The molecule has 0 aromatic heterocycles. The van der Waals surface area contributed by atoms with Crippen molar-refractivity contribution in [2.75, 3.05) is 16.8 Å². The first-order valence-corrected chi connectivity index (χ1v) is 9.24. The minimum Gasteiger partial charge on any atom is -0.326 e. The van der Waals surface area contributed by atoms with Crippen LogP contribution in [-0.2, 0) is 16.0 Å². The minimum atomic E-state index is -0.369. The van der Waals surface area contributed by atoms with Crippen LogP contribution in [0.2, 0.25) is 5.02 Å². The van der Waals surface area contributed by atoms with Gasteiger partial charge in [-0.25, -0.2) is 0 Å². The Kier molecular flexibility index (Phi) is 5.33. The number of hydrogen-bond acceptors (Lipinski definition) is 2. The summed E-state index contributed by atoms with van der Waals surface area (Å²) in [6.07, 6.45) is 1.07. The highest BCUT2D eigenvalue weighted by molar-refractivity contribution is 6.31. The van der Waals surface area contributed by atoms with Gasteiger partial charge in [0.15, 0.2) is 0 Å². The number of hydrogen-bond donors (Lipinski definition) is 1. The Labute approximate surface area is 159 Å². The fraction of sp³-hybridized carbons (Fsp3) is 0.333. The van der Waals surface area contributed by atoms with Crippen LogP contribution in [0.4, 0.5) is 11.4 Å². The van der Waals surface area contributed by atoms with Crippen molar-refractivity contribution in [2.24, 2.45) is 5.92 Å². The quantitative estimate of drug-likeness (QED) is 0.860. The second kappa shape index (κ2) is 7.50. The number of para-hydroxylation sites is 1. The molecule has 1 aliphatic rings. The lowest BCUT2D eigenvalue weighted by atomic mass is 10.0. The summed E-state index contributed by atoms with van der Waals surface area (Å²) >= 11 is 6.12. The Bertz CT molecular complexity index is 863. The molecule has 1 atom stereocenters. The molecular formula is C21H23ClN2O2. The zero-order valence-electron chi connectivity index (χ0n) is 15.3. The molecule has 26 heavy (non-hydrogen) atoms. The molecule has 1 aliphatic heterocycles. The molecule has 0 aliphatic carbocycles. The number of carbonyl (C=O) groups is 2. The van der Waals surface area contributed by atoms with Gasteiger partial charge in [0.1, 0.15) is 0 Å². The summed E-state index contributed by atoms with van der Waals surface area (Å²) in [4.78, 5) is 27.0. The number of aryl methyl sites for hydroxylation is 3. The lowest BCUT2D eigenvalue weighted by Gasteiger charge is -2.22. The Hall–Kier alpha value is -2.33. The van der Waals surface area contributed by atoms with Crippen molar-refractivity contribution in [3.63, 3.8) is 0 Å². The van der Waals surface area contributed by atoms with Crippen LogP contribution in [0, 0.1) is 19.8 Å². The van der Waals surface area contributed by atoms with Crippen molar-refractivity contribution >= 4 is 34.8 Å². The van der Waals surface area contributed by atoms with Crippen molar-refractivity contribution in [3.05, 3.63) is 58.1 Å². The van der Waals surface area contributed by atoms with Crippen LogP contribution < -0.4 is 10.2 Å². The Morgan fingerprint density at radius 3 is 2.69 bits per heavy atom. The Balaban J connectivity index is 1.77. The lowest BCUT2D eigenvalue weighted by molar-refractivity contribution is -0.122. The summed E-state index contributed by atoms with van der Waals surface area (Å²) < 4.78 is 0. The van der Waals surface area contributed by atoms with Crippen LogP contribution in [0.25, 0.3) is 0 Å². The van der Waals surface area contributed by atoms with E-state index in [9.17, 15) is 9.59 Å². The maximum Gasteiger partial charge on any atom is 0.229 e. The fourth-order valence-electron chi connectivity index (χ4n) is 3.41. The van der Waals surface area contributed by atoms with Crippen molar-refractivity contribution in [2.45, 2.75) is 33.6 Å². The molecule has 5 heteroatoms. The second-order valence-electron chi connectivity index (χ2n) is 6.79.